The highest BCUT2D eigenvalue weighted by molar-refractivity contribution is 5.65. The molecule has 1 saturated heterocycles. The van der Waals surface area contributed by atoms with Crippen molar-refractivity contribution in [3.63, 3.8) is 0 Å². The van der Waals surface area contributed by atoms with Crippen LogP contribution in [0.4, 0.5) is 17.1 Å². The van der Waals surface area contributed by atoms with Crippen LogP contribution in [-0.4, -0.2) is 29.5 Å². The second-order valence-electron chi connectivity index (χ2n) is 4.79. The van der Waals surface area contributed by atoms with Gasteiger partial charge in [-0.3, -0.25) is 20.2 Å². The van der Waals surface area contributed by atoms with Gasteiger partial charge >= 0.3 is 0 Å². The molecule has 0 saturated carbocycles. The van der Waals surface area contributed by atoms with Gasteiger partial charge in [0.25, 0.3) is 11.4 Å². The van der Waals surface area contributed by atoms with Crippen LogP contribution in [0, 0.1) is 26.1 Å². The van der Waals surface area contributed by atoms with Crippen LogP contribution < -0.4 is 10.6 Å². The van der Waals surface area contributed by atoms with Crippen LogP contribution in [0.25, 0.3) is 0 Å². The quantitative estimate of drug-likeness (QED) is 0.608. The van der Waals surface area contributed by atoms with Crippen LogP contribution in [0.3, 0.4) is 0 Å². The summed E-state index contributed by atoms with van der Waals surface area (Å²) in [4.78, 5) is 20.3. The van der Waals surface area contributed by atoms with Crippen LogP contribution >= 0.6 is 0 Å². The summed E-state index contributed by atoms with van der Waals surface area (Å²) in [6, 6.07) is 3.65. The molecule has 0 bridgehead atoms. The molecule has 1 aromatic rings. The first-order valence-electron chi connectivity index (χ1n) is 6.45. The first kappa shape index (κ1) is 14.2. The highest BCUT2D eigenvalue weighted by atomic mass is 16.6. The summed E-state index contributed by atoms with van der Waals surface area (Å²) in [5.74, 6) is 0.583. The molecule has 1 aliphatic rings. The zero-order valence-corrected chi connectivity index (χ0v) is 10.9. The molecule has 2 N–H and O–H groups in total. The van der Waals surface area contributed by atoms with E-state index in [2.05, 4.69) is 10.6 Å². The van der Waals surface area contributed by atoms with E-state index < -0.39 is 9.85 Å². The van der Waals surface area contributed by atoms with E-state index >= 15 is 0 Å². The molecular formula is C12H16N4O4. The smallest absolute Gasteiger partial charge is 0.299 e. The highest BCUT2D eigenvalue weighted by Gasteiger charge is 2.20. The number of benzene rings is 1. The van der Waals surface area contributed by atoms with E-state index in [0.717, 1.165) is 32.0 Å². The molecule has 1 unspecified atom stereocenters. The molecule has 1 heterocycles. The van der Waals surface area contributed by atoms with Gasteiger partial charge in [-0.05, 0) is 37.9 Å². The molecule has 0 aromatic heterocycles. The molecule has 0 radical (unpaired) electrons. The minimum atomic E-state index is -0.638. The average Bonchev–Trinajstić information content (AvgIpc) is 2.91. The van der Waals surface area contributed by atoms with Crippen molar-refractivity contribution >= 4 is 17.1 Å². The van der Waals surface area contributed by atoms with E-state index in [1.54, 1.807) is 0 Å². The van der Waals surface area contributed by atoms with Crippen LogP contribution in [0.2, 0.25) is 0 Å². The van der Waals surface area contributed by atoms with Gasteiger partial charge in [-0.1, -0.05) is 0 Å². The fraction of sp³-hybridized carbons (Fsp3) is 0.500. The van der Waals surface area contributed by atoms with E-state index in [4.69, 9.17) is 0 Å². The lowest BCUT2D eigenvalue weighted by Crippen LogP contribution is -2.13. The van der Waals surface area contributed by atoms with Gasteiger partial charge in [0.1, 0.15) is 5.69 Å². The number of nitrogens with zero attached hydrogens (tertiary/aromatic N) is 2. The van der Waals surface area contributed by atoms with Crippen molar-refractivity contribution in [1.29, 1.82) is 0 Å². The first-order chi connectivity index (χ1) is 9.58. The molecule has 108 valence electrons. The van der Waals surface area contributed by atoms with Crippen LogP contribution in [0.5, 0.6) is 0 Å². The summed E-state index contributed by atoms with van der Waals surface area (Å²) in [5, 5.41) is 27.8. The van der Waals surface area contributed by atoms with Gasteiger partial charge in [-0.15, -0.1) is 0 Å². The van der Waals surface area contributed by atoms with Crippen LogP contribution in [0.15, 0.2) is 18.2 Å². The largest absolute Gasteiger partial charge is 0.379 e. The molecule has 20 heavy (non-hydrogen) atoms. The van der Waals surface area contributed by atoms with E-state index in [-0.39, 0.29) is 11.4 Å². The summed E-state index contributed by atoms with van der Waals surface area (Å²) in [6.45, 7) is 2.61. The molecule has 1 aromatic carbocycles. The zero-order chi connectivity index (χ0) is 14.5. The number of nitro benzene ring substituents is 2. The first-order valence-corrected chi connectivity index (χ1v) is 6.45. The number of nitrogens with one attached hydrogen (secondary N) is 2. The van der Waals surface area contributed by atoms with E-state index in [1.165, 1.54) is 12.1 Å². The third-order valence-electron chi connectivity index (χ3n) is 3.42. The predicted octanol–water partition coefficient (Wildman–Crippen LogP) is 1.91. The molecule has 0 spiro atoms. The molecule has 1 aliphatic heterocycles. The standard InChI is InChI=1S/C12H16N4O4/c17-15(18)10-1-2-11(12(7-10)16(19)20)14-6-4-9-3-5-13-8-9/h1-2,7,9,13-14H,3-6,8H2. The second-order valence-corrected chi connectivity index (χ2v) is 4.79. The Hall–Kier alpha value is -2.22. The van der Waals surface area contributed by atoms with E-state index in [1.807, 2.05) is 0 Å². The summed E-state index contributed by atoms with van der Waals surface area (Å²) >= 11 is 0. The topological polar surface area (TPSA) is 110 Å². The lowest BCUT2D eigenvalue weighted by molar-refractivity contribution is -0.393. The van der Waals surface area contributed by atoms with Crippen molar-refractivity contribution in [2.45, 2.75) is 12.8 Å². The molecule has 1 fully saturated rings. The summed E-state index contributed by atoms with van der Waals surface area (Å²) in [6.07, 6.45) is 2.03. The molecule has 8 heteroatoms. The van der Waals surface area contributed by atoms with Gasteiger partial charge < -0.3 is 10.6 Å². The normalized spacial score (nSPS) is 17.9. The summed E-state index contributed by atoms with van der Waals surface area (Å²) < 4.78 is 0. The fourth-order valence-electron chi connectivity index (χ4n) is 2.31. The SMILES string of the molecule is O=[N+]([O-])c1ccc(NCCC2CCNC2)c([N+](=O)[O-])c1. The summed E-state index contributed by atoms with van der Waals surface area (Å²) in [7, 11) is 0. The maximum atomic E-state index is 10.9. The highest BCUT2D eigenvalue weighted by Crippen LogP contribution is 2.29. The van der Waals surface area contributed by atoms with Crippen molar-refractivity contribution in [2.24, 2.45) is 5.92 Å². The lowest BCUT2D eigenvalue weighted by Gasteiger charge is -2.10. The minimum Gasteiger partial charge on any atom is -0.379 e. The number of nitro groups is 2. The Balaban J connectivity index is 2.02. The Bertz CT molecular complexity index is 514. The Kier molecular flexibility index (Phi) is 4.46. The third-order valence-corrected chi connectivity index (χ3v) is 3.42. The van der Waals surface area contributed by atoms with Crippen LogP contribution in [0.1, 0.15) is 12.8 Å². The van der Waals surface area contributed by atoms with Crippen molar-refractivity contribution in [2.75, 3.05) is 25.0 Å². The maximum Gasteiger partial charge on any atom is 0.299 e. The molecule has 2 rings (SSSR count). The molecule has 1 atom stereocenters. The minimum absolute atomic E-state index is 0.260. The maximum absolute atomic E-state index is 10.9. The second kappa shape index (κ2) is 6.29. The van der Waals surface area contributed by atoms with Crippen molar-refractivity contribution in [1.82, 2.24) is 5.32 Å². The average molecular weight is 280 g/mol. The van der Waals surface area contributed by atoms with Gasteiger partial charge in [0.15, 0.2) is 0 Å². The van der Waals surface area contributed by atoms with Crippen LogP contribution in [-0.2, 0) is 0 Å². The molecule has 0 amide bonds. The zero-order valence-electron chi connectivity index (χ0n) is 10.9. The lowest BCUT2D eigenvalue weighted by atomic mass is 10.1. The number of non-ortho nitro benzene ring substituents is 1. The monoisotopic (exact) mass is 280 g/mol. The van der Waals surface area contributed by atoms with Gasteiger partial charge in [0, 0.05) is 12.6 Å². The fourth-order valence-corrected chi connectivity index (χ4v) is 2.31. The number of hydrogen-bond acceptors (Lipinski definition) is 6. The van der Waals surface area contributed by atoms with Gasteiger partial charge in [-0.2, -0.15) is 0 Å². The Morgan fingerprint density at radius 2 is 2.10 bits per heavy atom. The third kappa shape index (κ3) is 3.41. The van der Waals surface area contributed by atoms with Crippen molar-refractivity contribution < 1.29 is 9.85 Å². The number of anilines is 1. The van der Waals surface area contributed by atoms with Gasteiger partial charge in [0.2, 0.25) is 0 Å². The Labute approximate surface area is 115 Å². The van der Waals surface area contributed by atoms with Gasteiger partial charge in [0.05, 0.1) is 15.9 Å². The summed E-state index contributed by atoms with van der Waals surface area (Å²) in [5.41, 5.74) is -0.211. The Morgan fingerprint density at radius 1 is 1.30 bits per heavy atom. The number of hydrogen-bond donors (Lipinski definition) is 2. The van der Waals surface area contributed by atoms with Crippen molar-refractivity contribution in [3.8, 4) is 0 Å². The van der Waals surface area contributed by atoms with Crippen molar-refractivity contribution in [3.05, 3.63) is 38.4 Å². The van der Waals surface area contributed by atoms with Gasteiger partial charge in [-0.25, -0.2) is 0 Å². The molecule has 8 nitrogen and oxygen atoms in total. The Morgan fingerprint density at radius 3 is 2.70 bits per heavy atom. The van der Waals surface area contributed by atoms with E-state index in [9.17, 15) is 20.2 Å². The predicted molar refractivity (Wildman–Crippen MR) is 73.8 cm³/mol. The number of rotatable bonds is 6. The van der Waals surface area contributed by atoms with E-state index in [0.29, 0.717) is 18.2 Å². The molecule has 0 aliphatic carbocycles. The molecular weight excluding hydrogens is 264 g/mol.